The number of H-pyrrole nitrogens is 2. The average Bonchev–Trinajstić information content (AvgIpc) is 3.53. The quantitative estimate of drug-likeness (QED) is 0.230. The molecule has 4 heterocycles. The molecule has 0 fully saturated rings. The molecule has 0 spiro atoms. The van der Waals surface area contributed by atoms with E-state index in [2.05, 4.69) is 23.8 Å². The highest BCUT2D eigenvalue weighted by Crippen LogP contribution is 2.30. The summed E-state index contributed by atoms with van der Waals surface area (Å²) in [6, 6.07) is 5.86. The first kappa shape index (κ1) is 29.7. The number of nitrogens with one attached hydrogen (secondary N) is 2. The number of hydrogen-bond donors (Lipinski definition) is 4. The maximum Gasteiger partial charge on any atom is 0.328 e. The number of aliphatic hydroxyl groups is 1. The highest BCUT2D eigenvalue weighted by Gasteiger charge is 2.22. The number of aromatic nitrogens is 4. The highest BCUT2D eigenvalue weighted by atomic mass is 16.5. The van der Waals surface area contributed by atoms with Gasteiger partial charge in [0.05, 0.1) is 25.8 Å². The van der Waals surface area contributed by atoms with Crippen LogP contribution in [0.1, 0.15) is 77.3 Å². The van der Waals surface area contributed by atoms with E-state index in [1.165, 1.54) is 7.11 Å². The van der Waals surface area contributed by atoms with Crippen molar-refractivity contribution in [2.75, 3.05) is 7.11 Å². The van der Waals surface area contributed by atoms with Crippen LogP contribution in [-0.2, 0) is 40.2 Å². The first-order valence-corrected chi connectivity index (χ1v) is 13.8. The van der Waals surface area contributed by atoms with Crippen molar-refractivity contribution in [3.8, 4) is 0 Å². The minimum absolute atomic E-state index is 0.0130. The normalized spacial score (nSPS) is 14.2. The molecular weight excluding hydrogens is 520 g/mol. The Morgan fingerprint density at radius 3 is 2.24 bits per heavy atom. The smallest absolute Gasteiger partial charge is 0.328 e. The first-order valence-electron chi connectivity index (χ1n) is 13.8. The van der Waals surface area contributed by atoms with Crippen LogP contribution in [0.25, 0.3) is 27.6 Å². The van der Waals surface area contributed by atoms with Crippen molar-refractivity contribution in [2.24, 2.45) is 0 Å². The van der Waals surface area contributed by atoms with Crippen LogP contribution >= 0.6 is 0 Å². The third-order valence-corrected chi connectivity index (χ3v) is 7.91. The van der Waals surface area contributed by atoms with Crippen molar-refractivity contribution in [3.63, 3.8) is 0 Å². The number of nitrogens with zero attached hydrogens (tertiary/aromatic N) is 2. The fourth-order valence-corrected chi connectivity index (χ4v) is 5.45. The van der Waals surface area contributed by atoms with E-state index in [0.29, 0.717) is 28.9 Å². The van der Waals surface area contributed by atoms with Gasteiger partial charge in [-0.1, -0.05) is 13.8 Å². The molecule has 3 aromatic rings. The number of methoxy groups -OCH3 is 1. The van der Waals surface area contributed by atoms with Crippen molar-refractivity contribution < 1.29 is 24.5 Å². The molecule has 0 aliphatic carbocycles. The first-order chi connectivity index (χ1) is 19.5. The number of rotatable bonds is 6. The van der Waals surface area contributed by atoms with Crippen molar-refractivity contribution in [3.05, 3.63) is 74.9 Å². The SMILES string of the molecule is CCc1c(C)c2cc3[nH]c(cc4nc(c(CC(=O)OC)c(C)nc(/C(C)=C/C(=O)O)cc1[nH]2)CC4C)c(C)c3CO. The van der Waals surface area contributed by atoms with Crippen LogP contribution in [0.2, 0.25) is 0 Å². The standard InChI is InChI=1S/C32H38N4O5/c1-8-21-18(4)27-14-30-23(15-37)19(5)26(36-30)12-25-16(2)9-28(34-25)22(11-32(40)41-7)20(6)33-24(13-29(21)35-27)17(3)10-31(38)39/h10,12-14,16,35-37H,8-9,11,15H2,1-7H3,(H,38,39)/b17-10+,22-20?,24-13?,25-12?,26-12?,27-14?,28-22?,29-13?,30-14?,33-20?,33-24?. The van der Waals surface area contributed by atoms with Gasteiger partial charge in [-0.05, 0) is 81.0 Å². The highest BCUT2D eigenvalue weighted by molar-refractivity contribution is 5.89. The number of aliphatic hydroxyl groups excluding tert-OH is 1. The maximum absolute atomic E-state index is 12.5. The molecule has 4 rings (SSSR count). The number of ether oxygens (including phenoxy) is 1. The van der Waals surface area contributed by atoms with E-state index in [0.717, 1.165) is 68.2 Å². The molecule has 0 amide bonds. The lowest BCUT2D eigenvalue weighted by atomic mass is 10.0. The van der Waals surface area contributed by atoms with Crippen LogP contribution < -0.4 is 0 Å². The van der Waals surface area contributed by atoms with Crippen molar-refractivity contribution >= 4 is 39.6 Å². The van der Waals surface area contributed by atoms with Gasteiger partial charge in [-0.25, -0.2) is 4.79 Å². The third-order valence-electron chi connectivity index (χ3n) is 7.91. The summed E-state index contributed by atoms with van der Waals surface area (Å²) in [5, 5.41) is 19.8. The Morgan fingerprint density at radius 2 is 1.63 bits per heavy atom. The lowest BCUT2D eigenvalue weighted by molar-refractivity contribution is -0.139. The Labute approximate surface area is 239 Å². The summed E-state index contributed by atoms with van der Waals surface area (Å²) in [7, 11) is 1.35. The van der Waals surface area contributed by atoms with Gasteiger partial charge >= 0.3 is 11.9 Å². The molecule has 216 valence electrons. The minimum Gasteiger partial charge on any atom is -0.478 e. The van der Waals surface area contributed by atoms with Crippen LogP contribution in [0, 0.1) is 20.8 Å². The number of aliphatic carboxylic acids is 1. The van der Waals surface area contributed by atoms with Crippen molar-refractivity contribution in [2.45, 2.75) is 73.3 Å². The summed E-state index contributed by atoms with van der Waals surface area (Å²) >= 11 is 0. The number of aromatic amines is 2. The van der Waals surface area contributed by atoms with Gasteiger partial charge in [-0.2, -0.15) is 0 Å². The molecule has 9 heteroatoms. The lowest BCUT2D eigenvalue weighted by Gasteiger charge is -2.07. The van der Waals surface area contributed by atoms with Gasteiger partial charge in [-0.15, -0.1) is 0 Å². The maximum atomic E-state index is 12.5. The Balaban J connectivity index is 2.27. The monoisotopic (exact) mass is 558 g/mol. The van der Waals surface area contributed by atoms with E-state index in [1.54, 1.807) is 6.92 Å². The predicted octanol–water partition coefficient (Wildman–Crippen LogP) is 5.53. The molecule has 41 heavy (non-hydrogen) atoms. The van der Waals surface area contributed by atoms with E-state index in [1.807, 2.05) is 39.0 Å². The van der Waals surface area contributed by atoms with Gasteiger partial charge in [0.25, 0.3) is 0 Å². The summed E-state index contributed by atoms with van der Waals surface area (Å²) in [5.41, 5.74) is 11.0. The van der Waals surface area contributed by atoms with Gasteiger partial charge < -0.3 is 24.9 Å². The number of allylic oxidation sites excluding steroid dienone is 1. The molecule has 0 saturated heterocycles. The molecule has 0 aromatic carbocycles. The molecule has 1 aliphatic rings. The number of hydrogen-bond acceptors (Lipinski definition) is 6. The third kappa shape index (κ3) is 6.10. The molecule has 6 bridgehead atoms. The molecular formula is C32H38N4O5. The molecule has 0 saturated carbocycles. The number of carbonyl (C=O) groups excluding carboxylic acids is 1. The van der Waals surface area contributed by atoms with E-state index in [9.17, 15) is 19.8 Å². The average molecular weight is 559 g/mol. The van der Waals surface area contributed by atoms with Crippen molar-refractivity contribution in [1.29, 1.82) is 0 Å². The second kappa shape index (κ2) is 12.1. The van der Waals surface area contributed by atoms with Gasteiger partial charge in [-0.3, -0.25) is 14.8 Å². The summed E-state index contributed by atoms with van der Waals surface area (Å²) in [4.78, 5) is 40.9. The zero-order valence-electron chi connectivity index (χ0n) is 24.7. The van der Waals surface area contributed by atoms with Crippen LogP contribution in [-0.4, -0.2) is 49.2 Å². The van der Waals surface area contributed by atoms with Gasteiger partial charge in [0, 0.05) is 62.3 Å². The zero-order chi connectivity index (χ0) is 30.0. The van der Waals surface area contributed by atoms with Crippen molar-refractivity contribution in [1.82, 2.24) is 19.9 Å². The second-order valence-corrected chi connectivity index (χ2v) is 10.6. The van der Waals surface area contributed by atoms with Crippen LogP contribution in [0.5, 0.6) is 0 Å². The van der Waals surface area contributed by atoms with Gasteiger partial charge in [0.1, 0.15) is 0 Å². The Hall–Kier alpha value is -4.24. The minimum atomic E-state index is -1.08. The number of esters is 1. The molecule has 4 N–H and O–H groups in total. The number of carbonyl (C=O) groups is 2. The van der Waals surface area contributed by atoms with E-state index >= 15 is 0 Å². The predicted molar refractivity (Wildman–Crippen MR) is 160 cm³/mol. The summed E-state index contributed by atoms with van der Waals surface area (Å²) in [5.74, 6) is -1.41. The molecule has 0 radical (unpaired) electrons. The second-order valence-electron chi connectivity index (χ2n) is 10.6. The van der Waals surface area contributed by atoms with E-state index in [4.69, 9.17) is 14.7 Å². The lowest BCUT2D eigenvalue weighted by Crippen LogP contribution is -2.09. The van der Waals surface area contributed by atoms with E-state index < -0.39 is 11.9 Å². The molecule has 3 aromatic heterocycles. The fraction of sp³-hybridized carbons (Fsp3) is 0.375. The Kier molecular flexibility index (Phi) is 8.77. The van der Waals surface area contributed by atoms with Crippen LogP contribution in [0.15, 0.2) is 24.3 Å². The molecule has 1 atom stereocenters. The summed E-state index contributed by atoms with van der Waals surface area (Å²) in [6.45, 7) is 11.6. The molecule has 1 aliphatic heterocycles. The molecule has 9 nitrogen and oxygen atoms in total. The van der Waals surface area contributed by atoms with E-state index in [-0.39, 0.29) is 18.9 Å². The summed E-state index contributed by atoms with van der Waals surface area (Å²) in [6.07, 6.45) is 2.46. The number of carboxylic acid groups (broad SMARTS) is 1. The molecule has 1 unspecified atom stereocenters. The van der Waals surface area contributed by atoms with Crippen LogP contribution in [0.3, 0.4) is 0 Å². The van der Waals surface area contributed by atoms with Gasteiger partial charge in [0.2, 0.25) is 0 Å². The van der Waals surface area contributed by atoms with Gasteiger partial charge in [0.15, 0.2) is 0 Å². The fourth-order valence-electron chi connectivity index (χ4n) is 5.45. The number of aryl methyl sites for hydroxylation is 4. The number of fused-ring (bicyclic) bond motifs is 6. The largest absolute Gasteiger partial charge is 0.478 e. The Morgan fingerprint density at radius 1 is 1.00 bits per heavy atom. The Bertz CT molecular complexity index is 1710. The topological polar surface area (TPSA) is 141 Å². The number of carboxylic acids is 1. The van der Waals surface area contributed by atoms with Crippen LogP contribution in [0.4, 0.5) is 0 Å². The zero-order valence-corrected chi connectivity index (χ0v) is 24.7. The summed E-state index contributed by atoms with van der Waals surface area (Å²) < 4.78 is 5.00.